The predicted molar refractivity (Wildman–Crippen MR) is 145 cm³/mol. The number of Topliss-reactive ketones (excluding diaryl/α,β-unsaturated/α-hetero) is 1. The van der Waals surface area contributed by atoms with Crippen molar-refractivity contribution in [3.05, 3.63) is 52.0 Å². The van der Waals surface area contributed by atoms with E-state index in [2.05, 4.69) is 26.1 Å². The monoisotopic (exact) mass is 576 g/mol. The van der Waals surface area contributed by atoms with Crippen molar-refractivity contribution in [2.75, 3.05) is 54.6 Å². The van der Waals surface area contributed by atoms with Crippen molar-refractivity contribution < 1.29 is 42.2 Å². The first kappa shape index (κ1) is 29.8. The molecule has 4 rings (SSSR count). The van der Waals surface area contributed by atoms with Gasteiger partial charge in [-0.1, -0.05) is 0 Å². The van der Waals surface area contributed by atoms with Crippen LogP contribution in [0.3, 0.4) is 0 Å². The molecule has 0 amide bonds. The molecule has 8 nitrogen and oxygen atoms in total. The van der Waals surface area contributed by atoms with Crippen LogP contribution in [0.2, 0.25) is 0 Å². The van der Waals surface area contributed by atoms with Crippen LogP contribution in [0, 0.1) is 17.0 Å². The number of fused-ring (bicyclic) bond motifs is 2. The molecule has 0 fully saturated rings. The van der Waals surface area contributed by atoms with Gasteiger partial charge in [0, 0.05) is 42.8 Å². The Bertz CT molecular complexity index is 1370. The number of halogens is 2. The Morgan fingerprint density at radius 1 is 1.02 bits per heavy atom. The maximum absolute atomic E-state index is 13.8. The number of aromatic nitrogens is 1. The minimum absolute atomic E-state index is 0.0309. The lowest BCUT2D eigenvalue weighted by Crippen LogP contribution is -2.39. The lowest BCUT2D eigenvalue weighted by Gasteiger charge is -2.28. The van der Waals surface area contributed by atoms with Crippen LogP contribution in [0.1, 0.15) is 29.0 Å². The normalized spacial score (nSPS) is 14.3. The number of methoxy groups -OCH3 is 1. The van der Waals surface area contributed by atoms with E-state index in [0.29, 0.717) is 59.4 Å². The molecular weight excluding hydrogens is 542 g/mol. The first-order valence-electron chi connectivity index (χ1n) is 13.1. The average molecular weight is 577 g/mol. The molecule has 2 aromatic carbocycles. The number of carboxylic acids is 1. The van der Waals surface area contributed by atoms with E-state index in [1.807, 2.05) is 6.07 Å². The van der Waals surface area contributed by atoms with Crippen molar-refractivity contribution in [2.24, 2.45) is 5.41 Å². The minimum atomic E-state index is -1.37. The Balaban J connectivity index is 1.41. The van der Waals surface area contributed by atoms with Crippen LogP contribution in [0.25, 0.3) is 10.2 Å². The van der Waals surface area contributed by atoms with Crippen molar-refractivity contribution in [1.82, 2.24) is 4.98 Å². The molecular formula is C29H34F2N2O6S. The second-order valence-electron chi connectivity index (χ2n) is 11.2. The number of aryl methyl sites for hydroxylation is 1. The van der Waals surface area contributed by atoms with Crippen LogP contribution in [0.4, 0.5) is 8.78 Å². The summed E-state index contributed by atoms with van der Waals surface area (Å²) in [5.74, 6) is -2.61. The zero-order chi connectivity index (χ0) is 29.1. The molecule has 40 heavy (non-hydrogen) atoms. The molecule has 0 saturated heterocycles. The molecule has 1 aliphatic carbocycles. The Morgan fingerprint density at radius 3 is 2.30 bits per heavy atom. The van der Waals surface area contributed by atoms with Gasteiger partial charge in [-0.2, -0.15) is 0 Å². The van der Waals surface area contributed by atoms with Crippen molar-refractivity contribution >= 4 is 33.3 Å². The van der Waals surface area contributed by atoms with Crippen LogP contribution in [0.5, 0.6) is 11.5 Å². The fourth-order valence-electron chi connectivity index (χ4n) is 4.95. The quantitative estimate of drug-likeness (QED) is 0.215. The standard InChI is InChI=1S/C29H34F2N2O6S/c1-33(2,3)7-8-38-9-10-39-24-13-22-25(14-23(24)37-4)40-27(32-22)6-5-26(34)29(17-28(35)36)15-18-11-20(30)21(31)12-19(18)16-29/h11-14H,5-10,15-17H2,1-4H3. The fourth-order valence-corrected chi connectivity index (χ4v) is 5.92. The third-order valence-electron chi connectivity index (χ3n) is 7.05. The number of carboxylic acid groups (broad SMARTS) is 1. The molecule has 0 bridgehead atoms. The predicted octanol–water partition coefficient (Wildman–Crippen LogP) is 3.11. The van der Waals surface area contributed by atoms with Crippen molar-refractivity contribution in [3.63, 3.8) is 0 Å². The molecule has 3 aromatic rings. The Morgan fingerprint density at radius 2 is 1.70 bits per heavy atom. The van der Waals surface area contributed by atoms with Crippen molar-refractivity contribution in [1.29, 1.82) is 0 Å². The van der Waals surface area contributed by atoms with E-state index in [-0.39, 0.29) is 25.0 Å². The summed E-state index contributed by atoms with van der Waals surface area (Å²) >= 11 is 1.41. The number of benzene rings is 2. The summed E-state index contributed by atoms with van der Waals surface area (Å²) in [4.78, 5) is 29.6. The zero-order valence-electron chi connectivity index (χ0n) is 23.2. The summed E-state index contributed by atoms with van der Waals surface area (Å²) in [5.41, 5.74) is 0.299. The number of likely N-dealkylation sites (N-methyl/N-ethyl adjacent to an activating group) is 1. The fraction of sp³-hybridized carbons (Fsp3) is 0.483. The van der Waals surface area contributed by atoms with E-state index in [0.717, 1.165) is 27.9 Å². The van der Waals surface area contributed by atoms with Crippen LogP contribution < -0.4 is 14.6 Å². The average Bonchev–Trinajstić information content (AvgIpc) is 3.43. The van der Waals surface area contributed by atoms with Crippen LogP contribution in [-0.4, -0.2) is 75.8 Å². The highest BCUT2D eigenvalue weighted by molar-refractivity contribution is 7.18. The molecule has 0 radical (unpaired) electrons. The molecule has 216 valence electrons. The molecule has 11 heteroatoms. The maximum Gasteiger partial charge on any atom is 0.163 e. The van der Waals surface area contributed by atoms with E-state index in [9.17, 15) is 23.5 Å². The van der Waals surface area contributed by atoms with Gasteiger partial charge in [-0.05, 0) is 36.1 Å². The Hall–Kier alpha value is -3.15. The minimum Gasteiger partial charge on any atom is -0.550 e. The van der Waals surface area contributed by atoms with Gasteiger partial charge in [0.1, 0.15) is 18.9 Å². The number of hydrogen-bond donors (Lipinski definition) is 0. The molecule has 0 spiro atoms. The second-order valence-corrected chi connectivity index (χ2v) is 12.3. The number of thiazole rings is 1. The highest BCUT2D eigenvalue weighted by Crippen LogP contribution is 2.42. The summed E-state index contributed by atoms with van der Waals surface area (Å²) in [7, 11) is 7.85. The van der Waals surface area contributed by atoms with E-state index < -0.39 is 29.4 Å². The summed E-state index contributed by atoms with van der Waals surface area (Å²) < 4.78 is 46.3. The highest BCUT2D eigenvalue weighted by atomic mass is 32.1. The molecule has 1 aliphatic rings. The lowest BCUT2D eigenvalue weighted by molar-refractivity contribution is -0.870. The van der Waals surface area contributed by atoms with Crippen LogP contribution >= 0.6 is 11.3 Å². The van der Waals surface area contributed by atoms with Crippen molar-refractivity contribution in [2.45, 2.75) is 32.1 Å². The molecule has 0 atom stereocenters. The Kier molecular flexibility index (Phi) is 9.06. The summed E-state index contributed by atoms with van der Waals surface area (Å²) in [6.07, 6.45) is -0.116. The number of carbonyl (C=O) groups excluding carboxylic acids is 2. The van der Waals surface area contributed by atoms with E-state index in [4.69, 9.17) is 14.2 Å². The number of ketones is 1. The summed E-state index contributed by atoms with van der Waals surface area (Å²) in [6, 6.07) is 5.72. The molecule has 0 N–H and O–H groups in total. The van der Waals surface area contributed by atoms with Gasteiger partial charge in [-0.3, -0.25) is 4.79 Å². The number of hydrogen-bond acceptors (Lipinski definition) is 8. The van der Waals surface area contributed by atoms with E-state index in [1.54, 1.807) is 13.2 Å². The van der Waals surface area contributed by atoms with Gasteiger partial charge in [0.2, 0.25) is 0 Å². The lowest BCUT2D eigenvalue weighted by atomic mass is 9.76. The third-order valence-corrected chi connectivity index (χ3v) is 8.13. The molecule has 1 heterocycles. The summed E-state index contributed by atoms with van der Waals surface area (Å²) in [6.45, 7) is 2.29. The van der Waals surface area contributed by atoms with Gasteiger partial charge in [0.05, 0.1) is 56.7 Å². The molecule has 0 aliphatic heterocycles. The summed E-state index contributed by atoms with van der Waals surface area (Å²) in [5, 5.41) is 12.2. The first-order chi connectivity index (χ1) is 18.9. The van der Waals surface area contributed by atoms with Gasteiger partial charge in [0.15, 0.2) is 23.1 Å². The van der Waals surface area contributed by atoms with Crippen molar-refractivity contribution in [3.8, 4) is 11.5 Å². The maximum atomic E-state index is 13.8. The van der Waals surface area contributed by atoms with Gasteiger partial charge in [-0.25, -0.2) is 13.8 Å². The third kappa shape index (κ3) is 7.13. The van der Waals surface area contributed by atoms with E-state index >= 15 is 0 Å². The first-order valence-corrected chi connectivity index (χ1v) is 13.9. The zero-order valence-corrected chi connectivity index (χ0v) is 24.0. The molecule has 0 unspecified atom stereocenters. The number of nitrogens with zero attached hydrogens (tertiary/aromatic N) is 2. The highest BCUT2D eigenvalue weighted by Gasteiger charge is 2.43. The van der Waals surface area contributed by atoms with Gasteiger partial charge in [0.25, 0.3) is 0 Å². The Labute approximate surface area is 236 Å². The van der Waals surface area contributed by atoms with Crippen LogP contribution in [-0.2, 0) is 33.6 Å². The number of quaternary nitrogens is 1. The number of ether oxygens (including phenoxy) is 3. The van der Waals surface area contributed by atoms with Gasteiger partial charge in [-0.15, -0.1) is 11.3 Å². The number of rotatable bonds is 14. The van der Waals surface area contributed by atoms with Crippen LogP contribution in [0.15, 0.2) is 24.3 Å². The van der Waals surface area contributed by atoms with Gasteiger partial charge >= 0.3 is 0 Å². The van der Waals surface area contributed by atoms with E-state index in [1.165, 1.54) is 11.3 Å². The topological polar surface area (TPSA) is 97.8 Å². The molecule has 1 aromatic heterocycles. The molecule has 0 saturated carbocycles. The second kappa shape index (κ2) is 12.2. The smallest absolute Gasteiger partial charge is 0.163 e. The largest absolute Gasteiger partial charge is 0.550 e. The van der Waals surface area contributed by atoms with Gasteiger partial charge < -0.3 is 28.6 Å². The SMILES string of the molecule is COc1cc2sc(CCC(=O)C3(CC(=O)[O-])Cc4cc(F)c(F)cc4C3)nc2cc1OCCOCC[N+](C)(C)C. The number of carbonyl (C=O) groups is 2. The number of aliphatic carboxylic acids is 1.